The van der Waals surface area contributed by atoms with Crippen LogP contribution in [0.4, 0.5) is 0 Å². The van der Waals surface area contributed by atoms with Crippen molar-refractivity contribution < 1.29 is 27.0 Å². The lowest BCUT2D eigenvalue weighted by atomic mass is 10.9. The Morgan fingerprint density at radius 2 is 1.31 bits per heavy atom. The van der Waals surface area contributed by atoms with E-state index in [2.05, 4.69) is 0 Å². The second kappa shape index (κ2) is 9.49. The van der Waals surface area contributed by atoms with Crippen LogP contribution in [-0.2, 0) is 27.0 Å². The van der Waals surface area contributed by atoms with Crippen LogP contribution in [0, 0.1) is 0 Å². The zero-order valence-corrected chi connectivity index (χ0v) is 12.0. The van der Waals surface area contributed by atoms with Crippen molar-refractivity contribution in [2.75, 3.05) is 26.4 Å². The summed E-state index contributed by atoms with van der Waals surface area (Å²) in [5.74, 6) is 0. The van der Waals surface area contributed by atoms with Gasteiger partial charge in [0, 0.05) is 0 Å². The molecule has 0 aromatic rings. The average Bonchev–Trinajstić information content (AvgIpc) is 2.18. The number of hydrogen-bond acceptors (Lipinski definition) is 6. The van der Waals surface area contributed by atoms with Gasteiger partial charge in [0.25, 0.3) is 0 Å². The summed E-state index contributed by atoms with van der Waals surface area (Å²) >= 11 is 0. The van der Waals surface area contributed by atoms with E-state index in [1.165, 1.54) is 0 Å². The first-order valence-electron chi connectivity index (χ1n) is 5.26. The van der Waals surface area contributed by atoms with Crippen molar-refractivity contribution in [3.05, 3.63) is 0 Å². The third kappa shape index (κ3) is 6.92. The maximum Gasteiger partial charge on any atom is 0.481 e. The van der Waals surface area contributed by atoms with Gasteiger partial charge in [-0.1, -0.05) is 0 Å². The fourth-order valence-corrected chi connectivity index (χ4v) is 3.39. The zero-order valence-electron chi connectivity index (χ0n) is 10.2. The Morgan fingerprint density at radius 1 is 0.875 bits per heavy atom. The van der Waals surface area contributed by atoms with Crippen molar-refractivity contribution >= 4 is 16.4 Å². The van der Waals surface area contributed by atoms with Crippen LogP contribution in [0.2, 0.25) is 0 Å². The average molecular weight is 274 g/mol. The predicted molar refractivity (Wildman–Crippen MR) is 62.1 cm³/mol. The molecule has 0 aliphatic carbocycles. The summed E-state index contributed by atoms with van der Waals surface area (Å²) in [7, 11) is -5.24. The van der Waals surface area contributed by atoms with Crippen LogP contribution in [0.15, 0.2) is 0 Å². The molecule has 98 valence electrons. The van der Waals surface area contributed by atoms with Gasteiger partial charge in [-0.05, 0) is 27.7 Å². The van der Waals surface area contributed by atoms with E-state index in [1.54, 1.807) is 27.7 Å². The van der Waals surface area contributed by atoms with E-state index in [0.29, 0.717) is 13.2 Å². The summed E-state index contributed by atoms with van der Waals surface area (Å²) in [6.45, 7) is 8.29. The summed E-state index contributed by atoms with van der Waals surface area (Å²) in [6.07, 6.45) is 0. The van der Waals surface area contributed by atoms with E-state index >= 15 is 0 Å². The molecule has 16 heavy (non-hydrogen) atoms. The lowest BCUT2D eigenvalue weighted by Crippen LogP contribution is -2.00. The van der Waals surface area contributed by atoms with Gasteiger partial charge in [-0.25, -0.2) is 8.88 Å². The molecular weight excluding hydrogens is 254 g/mol. The molecule has 0 spiro atoms. The van der Waals surface area contributed by atoms with Gasteiger partial charge in [0.15, 0.2) is 0 Å². The van der Waals surface area contributed by atoms with Crippen molar-refractivity contribution in [2.24, 2.45) is 0 Å². The molecule has 0 fully saturated rings. The third-order valence-corrected chi connectivity index (χ3v) is 4.63. The Kier molecular flexibility index (Phi) is 9.76. The highest BCUT2D eigenvalue weighted by Crippen LogP contribution is 2.61. The molecule has 0 aromatic heterocycles. The number of phosphoric acid groups is 1. The summed E-state index contributed by atoms with van der Waals surface area (Å²) < 4.78 is 37.3. The van der Waals surface area contributed by atoms with Gasteiger partial charge >= 0.3 is 16.4 Å². The van der Waals surface area contributed by atoms with Crippen molar-refractivity contribution in [1.82, 2.24) is 0 Å². The minimum Gasteiger partial charge on any atom is -0.312 e. The quantitative estimate of drug-likeness (QED) is 0.568. The Labute approximate surface area is 98.2 Å². The van der Waals surface area contributed by atoms with Crippen molar-refractivity contribution in [3.63, 3.8) is 0 Å². The maximum atomic E-state index is 12.0. The largest absolute Gasteiger partial charge is 0.481 e. The van der Waals surface area contributed by atoms with Crippen LogP contribution in [0.3, 0.4) is 0 Å². The molecule has 0 heterocycles. The SMILES string of the molecule is CCOP(OCC)OP(=O)(OCC)OCC. The van der Waals surface area contributed by atoms with Gasteiger partial charge in [0.1, 0.15) is 0 Å². The van der Waals surface area contributed by atoms with Crippen LogP contribution in [-0.4, -0.2) is 26.4 Å². The normalized spacial score (nSPS) is 12.3. The number of rotatable bonds is 10. The first kappa shape index (κ1) is 16.5. The van der Waals surface area contributed by atoms with E-state index in [9.17, 15) is 4.57 Å². The number of hydrogen-bond donors (Lipinski definition) is 0. The minimum absolute atomic E-state index is 0.235. The first-order chi connectivity index (χ1) is 7.61. The highest BCUT2D eigenvalue weighted by Gasteiger charge is 2.32. The Bertz CT molecular complexity index is 197. The molecule has 6 nitrogen and oxygen atoms in total. The highest BCUT2D eigenvalue weighted by molar-refractivity contribution is 7.59. The van der Waals surface area contributed by atoms with E-state index in [-0.39, 0.29) is 13.2 Å². The Morgan fingerprint density at radius 3 is 1.62 bits per heavy atom. The molecule has 8 heteroatoms. The van der Waals surface area contributed by atoms with Gasteiger partial charge < -0.3 is 9.05 Å². The second-order valence-electron chi connectivity index (χ2n) is 2.42. The topological polar surface area (TPSA) is 63.2 Å². The maximum absolute atomic E-state index is 12.0. The summed E-state index contributed by atoms with van der Waals surface area (Å²) in [5, 5.41) is 0. The van der Waals surface area contributed by atoms with Gasteiger partial charge in [0.05, 0.1) is 26.4 Å². The van der Waals surface area contributed by atoms with Crippen LogP contribution in [0.1, 0.15) is 27.7 Å². The Hall–Kier alpha value is 0.460. The second-order valence-corrected chi connectivity index (χ2v) is 5.45. The van der Waals surface area contributed by atoms with Crippen molar-refractivity contribution in [3.8, 4) is 0 Å². The summed E-state index contributed by atoms with van der Waals surface area (Å²) in [6, 6.07) is 0. The summed E-state index contributed by atoms with van der Waals surface area (Å²) in [4.78, 5) is 0. The third-order valence-electron chi connectivity index (χ3n) is 1.21. The monoisotopic (exact) mass is 274 g/mol. The predicted octanol–water partition coefficient (Wildman–Crippen LogP) is 3.48. The highest BCUT2D eigenvalue weighted by atomic mass is 31.3. The molecular formula is C8H20O6P2. The fraction of sp³-hybridized carbons (Fsp3) is 1.00. The molecule has 0 aromatic carbocycles. The lowest BCUT2D eigenvalue weighted by molar-refractivity contribution is 0.144. The lowest BCUT2D eigenvalue weighted by Gasteiger charge is -2.20. The molecule has 0 saturated heterocycles. The van der Waals surface area contributed by atoms with Crippen LogP contribution < -0.4 is 0 Å². The van der Waals surface area contributed by atoms with Crippen LogP contribution in [0.25, 0.3) is 0 Å². The smallest absolute Gasteiger partial charge is 0.312 e. The molecule has 0 rings (SSSR count). The summed E-state index contributed by atoms with van der Waals surface area (Å²) in [5.41, 5.74) is 0. The molecule has 0 bridgehead atoms. The van der Waals surface area contributed by atoms with Gasteiger partial charge in [-0.3, -0.25) is 9.05 Å². The minimum atomic E-state index is -3.56. The first-order valence-corrected chi connectivity index (χ1v) is 7.82. The van der Waals surface area contributed by atoms with E-state index in [4.69, 9.17) is 22.4 Å². The van der Waals surface area contributed by atoms with E-state index < -0.39 is 16.4 Å². The van der Waals surface area contributed by atoms with Crippen LogP contribution >= 0.6 is 16.4 Å². The van der Waals surface area contributed by atoms with Gasteiger partial charge in [-0.15, -0.1) is 0 Å². The molecule has 0 unspecified atom stereocenters. The van der Waals surface area contributed by atoms with Crippen molar-refractivity contribution in [2.45, 2.75) is 27.7 Å². The van der Waals surface area contributed by atoms with E-state index in [1.807, 2.05) is 0 Å². The van der Waals surface area contributed by atoms with Crippen LogP contribution in [0.5, 0.6) is 0 Å². The van der Waals surface area contributed by atoms with Gasteiger partial charge in [-0.2, -0.15) is 0 Å². The molecule has 0 radical (unpaired) electrons. The Balaban J connectivity index is 4.36. The molecule has 0 atom stereocenters. The van der Waals surface area contributed by atoms with Gasteiger partial charge in [0.2, 0.25) is 0 Å². The molecule has 0 amide bonds. The standard InChI is InChI=1S/C8H20O6P2/c1-5-10-15(11-6-2)14-16(9,12-7-3)13-8-4/h5-8H2,1-4H3. The zero-order chi connectivity index (χ0) is 12.4. The fourth-order valence-electron chi connectivity index (χ4n) is 0.778. The number of phosphoric ester groups is 1. The molecule has 0 N–H and O–H groups in total. The molecule has 0 aliphatic rings. The van der Waals surface area contributed by atoms with E-state index in [0.717, 1.165) is 0 Å². The van der Waals surface area contributed by atoms with Crippen molar-refractivity contribution in [1.29, 1.82) is 0 Å². The molecule has 0 aliphatic heterocycles. The molecule has 0 saturated carbocycles.